The fraction of sp³-hybridized carbons (Fsp3) is 0.917. The Hall–Kier alpha value is -0.370. The summed E-state index contributed by atoms with van der Waals surface area (Å²) in [6.07, 6.45) is 5.66. The lowest BCUT2D eigenvalue weighted by Gasteiger charge is -2.28. The van der Waals surface area contributed by atoms with Crippen LogP contribution in [0, 0.1) is 11.8 Å². The van der Waals surface area contributed by atoms with E-state index in [0.717, 1.165) is 12.8 Å². The van der Waals surface area contributed by atoms with Crippen molar-refractivity contribution in [1.82, 2.24) is 5.32 Å². The number of hydrogen-bond donors (Lipinski definition) is 1. The topological polar surface area (TPSA) is 29.1 Å². The number of ketones is 1. The van der Waals surface area contributed by atoms with Gasteiger partial charge in [-0.3, -0.25) is 4.79 Å². The van der Waals surface area contributed by atoms with Gasteiger partial charge in [-0.2, -0.15) is 0 Å². The van der Waals surface area contributed by atoms with E-state index in [1.807, 2.05) is 0 Å². The van der Waals surface area contributed by atoms with E-state index >= 15 is 0 Å². The molecule has 1 aliphatic carbocycles. The predicted molar refractivity (Wildman–Crippen MR) is 57.1 cm³/mol. The maximum atomic E-state index is 11.8. The van der Waals surface area contributed by atoms with Gasteiger partial charge < -0.3 is 5.32 Å². The maximum Gasteiger partial charge on any atom is 0.137 e. The molecule has 4 unspecified atom stereocenters. The Morgan fingerprint density at radius 2 is 2.07 bits per heavy atom. The predicted octanol–water partition coefficient (Wildman–Crippen LogP) is 2.13. The van der Waals surface area contributed by atoms with E-state index in [1.54, 1.807) is 0 Å². The van der Waals surface area contributed by atoms with E-state index < -0.39 is 0 Å². The summed E-state index contributed by atoms with van der Waals surface area (Å²) >= 11 is 0. The molecule has 2 heteroatoms. The summed E-state index contributed by atoms with van der Waals surface area (Å²) < 4.78 is 0. The third-order valence-corrected chi connectivity index (χ3v) is 3.68. The zero-order chi connectivity index (χ0) is 10.1. The van der Waals surface area contributed by atoms with Crippen LogP contribution in [-0.4, -0.2) is 17.9 Å². The highest BCUT2D eigenvalue weighted by molar-refractivity contribution is 5.84. The molecular formula is C12H21NO. The normalized spacial score (nSPS) is 42.1. The molecule has 2 aliphatic rings. The highest BCUT2D eigenvalue weighted by atomic mass is 16.1. The minimum absolute atomic E-state index is 0.411. The first-order valence-corrected chi connectivity index (χ1v) is 5.95. The molecule has 0 radical (unpaired) electrons. The fourth-order valence-electron chi connectivity index (χ4n) is 2.57. The first-order chi connectivity index (χ1) is 6.66. The molecule has 0 amide bonds. The zero-order valence-corrected chi connectivity index (χ0v) is 9.25. The summed E-state index contributed by atoms with van der Waals surface area (Å²) in [4.78, 5) is 11.8. The third-order valence-electron chi connectivity index (χ3n) is 3.68. The van der Waals surface area contributed by atoms with Crippen molar-refractivity contribution in [1.29, 1.82) is 0 Å². The van der Waals surface area contributed by atoms with E-state index in [-0.39, 0.29) is 0 Å². The number of rotatable bonds is 3. The van der Waals surface area contributed by atoms with Crippen LogP contribution >= 0.6 is 0 Å². The third kappa shape index (κ3) is 2.35. The lowest BCUT2D eigenvalue weighted by molar-refractivity contribution is -0.121. The van der Waals surface area contributed by atoms with Crippen molar-refractivity contribution >= 4 is 5.78 Å². The van der Waals surface area contributed by atoms with Crippen LogP contribution in [0.25, 0.3) is 0 Å². The average Bonchev–Trinajstić information content (AvgIpc) is 2.82. The molecule has 2 nitrogen and oxygen atoms in total. The van der Waals surface area contributed by atoms with E-state index in [0.29, 0.717) is 29.7 Å². The molecule has 0 spiro atoms. The van der Waals surface area contributed by atoms with Gasteiger partial charge in [-0.15, -0.1) is 0 Å². The molecular weight excluding hydrogens is 174 g/mol. The minimum Gasteiger partial charge on any atom is -0.311 e. The summed E-state index contributed by atoms with van der Waals surface area (Å²) in [6, 6.07) is 1.08. The highest BCUT2D eigenvalue weighted by Crippen LogP contribution is 2.39. The second-order valence-corrected chi connectivity index (χ2v) is 5.19. The van der Waals surface area contributed by atoms with Gasteiger partial charge in [0.15, 0.2) is 0 Å². The van der Waals surface area contributed by atoms with Gasteiger partial charge in [0.1, 0.15) is 5.78 Å². The van der Waals surface area contributed by atoms with Crippen LogP contribution in [0.5, 0.6) is 0 Å². The molecule has 1 N–H and O–H groups in total. The quantitative estimate of drug-likeness (QED) is 0.747. The second kappa shape index (κ2) is 4.01. The molecule has 0 aromatic heterocycles. The van der Waals surface area contributed by atoms with Gasteiger partial charge in [-0.25, -0.2) is 0 Å². The Bertz CT molecular complexity index is 226. The first kappa shape index (κ1) is 10.2. The van der Waals surface area contributed by atoms with Gasteiger partial charge in [-0.05, 0) is 32.1 Å². The van der Waals surface area contributed by atoms with Crippen LogP contribution in [0.3, 0.4) is 0 Å². The summed E-state index contributed by atoms with van der Waals surface area (Å²) in [5.74, 6) is 1.58. The van der Waals surface area contributed by atoms with Gasteiger partial charge in [0.2, 0.25) is 0 Å². The second-order valence-electron chi connectivity index (χ2n) is 5.19. The largest absolute Gasteiger partial charge is 0.311 e. The van der Waals surface area contributed by atoms with E-state index in [1.165, 1.54) is 19.3 Å². The molecule has 1 aliphatic heterocycles. The number of carbonyl (C=O) groups excluding carboxylic acids is 1. The summed E-state index contributed by atoms with van der Waals surface area (Å²) in [6.45, 7) is 4.40. The highest BCUT2D eigenvalue weighted by Gasteiger charge is 2.39. The van der Waals surface area contributed by atoms with Crippen molar-refractivity contribution < 1.29 is 4.79 Å². The van der Waals surface area contributed by atoms with Crippen molar-refractivity contribution in [2.75, 3.05) is 0 Å². The Morgan fingerprint density at radius 1 is 1.36 bits per heavy atom. The van der Waals surface area contributed by atoms with Crippen LogP contribution in [0.2, 0.25) is 0 Å². The van der Waals surface area contributed by atoms with Gasteiger partial charge in [-0.1, -0.05) is 13.3 Å². The molecule has 1 saturated carbocycles. The van der Waals surface area contributed by atoms with Crippen molar-refractivity contribution in [2.24, 2.45) is 11.8 Å². The molecule has 14 heavy (non-hydrogen) atoms. The van der Waals surface area contributed by atoms with E-state index in [2.05, 4.69) is 19.2 Å². The molecule has 2 rings (SSSR count). The lowest BCUT2D eigenvalue weighted by atomic mass is 9.95. The van der Waals surface area contributed by atoms with Crippen molar-refractivity contribution in [3.63, 3.8) is 0 Å². The van der Waals surface area contributed by atoms with Gasteiger partial charge in [0.05, 0.1) is 0 Å². The minimum atomic E-state index is 0.411. The molecule has 2 fully saturated rings. The SMILES string of the molecule is CC1CCCC(CC(=O)C2CC2C)N1. The van der Waals surface area contributed by atoms with E-state index in [9.17, 15) is 4.79 Å². The molecule has 1 saturated heterocycles. The Labute approximate surface area is 86.5 Å². The zero-order valence-electron chi connectivity index (χ0n) is 9.25. The fourth-order valence-corrected chi connectivity index (χ4v) is 2.57. The number of hydrogen-bond acceptors (Lipinski definition) is 2. The average molecular weight is 195 g/mol. The lowest BCUT2D eigenvalue weighted by Crippen LogP contribution is -2.41. The molecule has 1 heterocycles. The van der Waals surface area contributed by atoms with Crippen LogP contribution in [-0.2, 0) is 4.79 Å². The maximum absolute atomic E-state index is 11.8. The van der Waals surface area contributed by atoms with Gasteiger partial charge >= 0.3 is 0 Å². The van der Waals surface area contributed by atoms with Crippen LogP contribution in [0.1, 0.15) is 46.0 Å². The monoisotopic (exact) mass is 195 g/mol. The molecule has 0 bridgehead atoms. The number of Topliss-reactive ketones (excluding diaryl/α,β-unsaturated/α-hetero) is 1. The summed E-state index contributed by atoms with van der Waals surface area (Å²) in [5.41, 5.74) is 0. The molecule has 0 aromatic rings. The first-order valence-electron chi connectivity index (χ1n) is 5.95. The van der Waals surface area contributed by atoms with Crippen molar-refractivity contribution in [3.8, 4) is 0 Å². The summed E-state index contributed by atoms with van der Waals surface area (Å²) in [5, 5.41) is 3.52. The van der Waals surface area contributed by atoms with Crippen LogP contribution < -0.4 is 5.32 Å². The van der Waals surface area contributed by atoms with Crippen LogP contribution in [0.4, 0.5) is 0 Å². The number of piperidine rings is 1. The van der Waals surface area contributed by atoms with Crippen LogP contribution in [0.15, 0.2) is 0 Å². The number of carbonyl (C=O) groups is 1. The molecule has 0 aromatic carbocycles. The van der Waals surface area contributed by atoms with E-state index in [4.69, 9.17) is 0 Å². The summed E-state index contributed by atoms with van der Waals surface area (Å²) in [7, 11) is 0. The van der Waals surface area contributed by atoms with Gasteiger partial charge in [0.25, 0.3) is 0 Å². The van der Waals surface area contributed by atoms with Crippen molar-refractivity contribution in [3.05, 3.63) is 0 Å². The Morgan fingerprint density at radius 3 is 2.64 bits per heavy atom. The van der Waals surface area contributed by atoms with Crippen molar-refractivity contribution in [2.45, 2.75) is 58.0 Å². The van der Waals surface area contributed by atoms with Gasteiger partial charge in [0, 0.05) is 24.4 Å². The Kier molecular flexibility index (Phi) is 2.91. The standard InChI is InChI=1S/C12H21NO/c1-8-6-11(8)12(14)7-10-5-3-4-9(2)13-10/h8-11,13H,3-7H2,1-2H3. The molecule has 80 valence electrons. The number of nitrogens with one attached hydrogen (secondary N) is 1. The molecule has 4 atom stereocenters. The smallest absolute Gasteiger partial charge is 0.137 e. The Balaban J connectivity index is 1.76.